The van der Waals surface area contributed by atoms with E-state index in [4.69, 9.17) is 0 Å². The van der Waals surface area contributed by atoms with E-state index in [0.717, 1.165) is 44.6 Å². The lowest BCUT2D eigenvalue weighted by Crippen LogP contribution is -2.44. The molecule has 0 bridgehead atoms. The van der Waals surface area contributed by atoms with Crippen LogP contribution in [0.15, 0.2) is 30.5 Å². The molecule has 2 aromatic rings. The average molecular weight is 365 g/mol. The highest BCUT2D eigenvalue weighted by atomic mass is 35.5. The van der Waals surface area contributed by atoms with Crippen LogP contribution in [0, 0.1) is 11.2 Å². The van der Waals surface area contributed by atoms with Crippen LogP contribution in [-0.4, -0.2) is 47.2 Å². The Morgan fingerprint density at radius 3 is 2.52 bits per heavy atom. The fraction of sp³-hybridized carbons (Fsp3) is 0.444. The van der Waals surface area contributed by atoms with E-state index in [-0.39, 0.29) is 24.1 Å². The lowest BCUT2D eigenvalue weighted by Gasteiger charge is -2.38. The quantitative estimate of drug-likeness (QED) is 0.861. The van der Waals surface area contributed by atoms with Gasteiger partial charge in [-0.2, -0.15) is 5.10 Å². The van der Waals surface area contributed by atoms with Gasteiger partial charge in [-0.25, -0.2) is 4.39 Å². The van der Waals surface area contributed by atoms with E-state index in [9.17, 15) is 9.18 Å². The molecule has 5 nitrogen and oxygen atoms in total. The van der Waals surface area contributed by atoms with Crippen molar-refractivity contribution >= 4 is 18.3 Å². The van der Waals surface area contributed by atoms with Crippen molar-refractivity contribution in [2.75, 3.05) is 26.2 Å². The van der Waals surface area contributed by atoms with Gasteiger partial charge in [-0.1, -0.05) is 0 Å². The van der Waals surface area contributed by atoms with E-state index in [0.29, 0.717) is 16.7 Å². The molecule has 2 N–H and O–H groups in total. The summed E-state index contributed by atoms with van der Waals surface area (Å²) < 4.78 is 13.1. The van der Waals surface area contributed by atoms with Crippen molar-refractivity contribution < 1.29 is 9.18 Å². The van der Waals surface area contributed by atoms with Crippen molar-refractivity contribution in [1.29, 1.82) is 0 Å². The molecule has 0 radical (unpaired) electrons. The zero-order valence-corrected chi connectivity index (χ0v) is 14.7. The largest absolute Gasteiger partial charge is 0.338 e. The monoisotopic (exact) mass is 364 g/mol. The summed E-state index contributed by atoms with van der Waals surface area (Å²) in [5.74, 6) is -0.290. The third-order valence-electron chi connectivity index (χ3n) is 5.45. The number of carbonyl (C=O) groups excluding carboxylic acids is 1. The van der Waals surface area contributed by atoms with Crippen LogP contribution >= 0.6 is 12.4 Å². The first-order valence-corrected chi connectivity index (χ1v) is 8.46. The number of piperidine rings is 1. The fourth-order valence-corrected chi connectivity index (χ4v) is 3.86. The van der Waals surface area contributed by atoms with Gasteiger partial charge >= 0.3 is 0 Å². The lowest BCUT2D eigenvalue weighted by molar-refractivity contribution is 0.0608. The zero-order valence-electron chi connectivity index (χ0n) is 13.9. The molecule has 0 atom stereocenters. The van der Waals surface area contributed by atoms with Gasteiger partial charge < -0.3 is 10.2 Å². The summed E-state index contributed by atoms with van der Waals surface area (Å²) >= 11 is 0. The number of likely N-dealkylation sites (tertiary alicyclic amines) is 1. The predicted octanol–water partition coefficient (Wildman–Crippen LogP) is 2.85. The highest BCUT2D eigenvalue weighted by molar-refractivity contribution is 5.99. The number of nitrogens with one attached hydrogen (secondary N) is 2. The number of nitrogens with zero attached hydrogens (tertiary/aromatic N) is 2. The maximum atomic E-state index is 13.1. The molecule has 3 heterocycles. The molecule has 1 amide bonds. The molecular weight excluding hydrogens is 343 g/mol. The first-order chi connectivity index (χ1) is 11.7. The third kappa shape index (κ3) is 3.41. The van der Waals surface area contributed by atoms with E-state index in [2.05, 4.69) is 15.5 Å². The first kappa shape index (κ1) is 17.9. The Bertz CT molecular complexity index is 730. The molecule has 1 spiro atoms. The summed E-state index contributed by atoms with van der Waals surface area (Å²) in [5, 5.41) is 10.4. The van der Waals surface area contributed by atoms with Gasteiger partial charge in [-0.15, -0.1) is 12.4 Å². The minimum atomic E-state index is -0.294. The van der Waals surface area contributed by atoms with Crippen LogP contribution in [0.3, 0.4) is 0 Å². The second-order valence-electron chi connectivity index (χ2n) is 6.88. The number of H-pyrrole nitrogens is 1. The second kappa shape index (κ2) is 7.14. The minimum absolute atomic E-state index is 0. The van der Waals surface area contributed by atoms with Crippen LogP contribution in [0.25, 0.3) is 11.3 Å². The Morgan fingerprint density at radius 2 is 1.88 bits per heavy atom. The Labute approximate surface area is 152 Å². The van der Waals surface area contributed by atoms with E-state index in [1.165, 1.54) is 18.6 Å². The van der Waals surface area contributed by atoms with Crippen LogP contribution < -0.4 is 5.32 Å². The molecule has 0 saturated carbocycles. The van der Waals surface area contributed by atoms with Crippen molar-refractivity contribution in [3.05, 3.63) is 41.8 Å². The summed E-state index contributed by atoms with van der Waals surface area (Å²) in [6.07, 6.45) is 4.88. The van der Waals surface area contributed by atoms with Crippen molar-refractivity contribution in [2.24, 2.45) is 5.41 Å². The SMILES string of the molecule is Cl.O=C(c1cn[nH]c1-c1ccc(F)cc1)N1CCC2(CCNC2)CC1. The number of aromatic amines is 1. The molecule has 2 fully saturated rings. The molecule has 2 aliphatic rings. The van der Waals surface area contributed by atoms with Crippen LogP contribution in [0.2, 0.25) is 0 Å². The van der Waals surface area contributed by atoms with Crippen LogP contribution in [-0.2, 0) is 0 Å². The number of carbonyl (C=O) groups is 1. The smallest absolute Gasteiger partial charge is 0.257 e. The van der Waals surface area contributed by atoms with Crippen molar-refractivity contribution in [2.45, 2.75) is 19.3 Å². The number of aromatic nitrogens is 2. The van der Waals surface area contributed by atoms with Gasteiger partial charge in [0.15, 0.2) is 0 Å². The summed E-state index contributed by atoms with van der Waals surface area (Å²) in [6.45, 7) is 3.73. The molecule has 7 heteroatoms. The maximum Gasteiger partial charge on any atom is 0.257 e. The summed E-state index contributed by atoms with van der Waals surface area (Å²) in [6, 6.07) is 6.11. The number of amides is 1. The standard InChI is InChI=1S/C18H21FN4O.ClH/c19-14-3-1-13(2-4-14)16-15(11-21-22-16)17(24)23-9-6-18(7-10-23)5-8-20-12-18;/h1-4,11,20H,5-10,12H2,(H,21,22);1H. The predicted molar refractivity (Wildman–Crippen MR) is 96.3 cm³/mol. The average Bonchev–Trinajstić information content (AvgIpc) is 3.26. The normalized spacial score (nSPS) is 19.0. The number of halogens is 2. The summed E-state index contributed by atoms with van der Waals surface area (Å²) in [4.78, 5) is 14.8. The molecule has 2 saturated heterocycles. The van der Waals surface area contributed by atoms with Gasteiger partial charge in [0.25, 0.3) is 5.91 Å². The Hall–Kier alpha value is -1.92. The van der Waals surface area contributed by atoms with Gasteiger partial charge in [0.05, 0.1) is 17.5 Å². The highest BCUT2D eigenvalue weighted by Gasteiger charge is 2.38. The molecule has 25 heavy (non-hydrogen) atoms. The zero-order chi connectivity index (χ0) is 16.6. The van der Waals surface area contributed by atoms with Gasteiger partial charge in [0.1, 0.15) is 5.82 Å². The molecule has 134 valence electrons. The van der Waals surface area contributed by atoms with Gasteiger partial charge in [0, 0.05) is 25.2 Å². The van der Waals surface area contributed by atoms with Gasteiger partial charge in [0.2, 0.25) is 0 Å². The number of hydrogen-bond donors (Lipinski definition) is 2. The highest BCUT2D eigenvalue weighted by Crippen LogP contribution is 2.37. The fourth-order valence-electron chi connectivity index (χ4n) is 3.86. The van der Waals surface area contributed by atoms with E-state index in [1.54, 1.807) is 18.3 Å². The number of benzene rings is 1. The van der Waals surface area contributed by atoms with E-state index >= 15 is 0 Å². The van der Waals surface area contributed by atoms with Gasteiger partial charge in [-0.05, 0) is 55.5 Å². The molecule has 1 aromatic carbocycles. The maximum absolute atomic E-state index is 13.1. The van der Waals surface area contributed by atoms with Crippen molar-refractivity contribution in [1.82, 2.24) is 20.4 Å². The third-order valence-corrected chi connectivity index (χ3v) is 5.45. The second-order valence-corrected chi connectivity index (χ2v) is 6.88. The first-order valence-electron chi connectivity index (χ1n) is 8.46. The summed E-state index contributed by atoms with van der Waals surface area (Å²) in [7, 11) is 0. The van der Waals surface area contributed by atoms with Crippen LogP contribution in [0.1, 0.15) is 29.6 Å². The molecular formula is C18H22ClFN4O. The molecule has 2 aliphatic heterocycles. The molecule has 0 aliphatic carbocycles. The van der Waals surface area contributed by atoms with E-state index in [1.807, 2.05) is 4.90 Å². The topological polar surface area (TPSA) is 61.0 Å². The van der Waals surface area contributed by atoms with Crippen molar-refractivity contribution in [3.8, 4) is 11.3 Å². The molecule has 4 rings (SSSR count). The Balaban J connectivity index is 0.00000182. The number of rotatable bonds is 2. The van der Waals surface area contributed by atoms with Gasteiger partial charge in [-0.3, -0.25) is 9.89 Å². The Morgan fingerprint density at radius 1 is 1.16 bits per heavy atom. The summed E-state index contributed by atoms with van der Waals surface area (Å²) in [5.41, 5.74) is 2.36. The molecule has 0 unspecified atom stereocenters. The number of hydrogen-bond acceptors (Lipinski definition) is 3. The van der Waals surface area contributed by atoms with E-state index < -0.39 is 0 Å². The van der Waals surface area contributed by atoms with Crippen LogP contribution in [0.4, 0.5) is 4.39 Å². The Kier molecular flexibility index (Phi) is 5.11. The minimum Gasteiger partial charge on any atom is -0.338 e. The van der Waals surface area contributed by atoms with Crippen molar-refractivity contribution in [3.63, 3.8) is 0 Å². The van der Waals surface area contributed by atoms with Crippen LogP contribution in [0.5, 0.6) is 0 Å². The lowest BCUT2D eigenvalue weighted by atomic mass is 9.78. The molecule has 1 aromatic heterocycles.